The maximum Gasteiger partial charge on any atom is 0.332 e. The van der Waals surface area contributed by atoms with E-state index in [-0.39, 0.29) is 17.1 Å². The van der Waals surface area contributed by atoms with Crippen molar-refractivity contribution in [3.63, 3.8) is 0 Å². The zero-order valence-corrected chi connectivity index (χ0v) is 12.0. The van der Waals surface area contributed by atoms with E-state index in [0.29, 0.717) is 12.8 Å². The molecule has 0 bridgehead atoms. The maximum absolute atomic E-state index is 12.0. The fourth-order valence-corrected chi connectivity index (χ4v) is 2.11. The summed E-state index contributed by atoms with van der Waals surface area (Å²) in [6.45, 7) is 1.87. The highest BCUT2D eigenvalue weighted by Gasteiger charge is 2.19. The molecule has 0 aliphatic heterocycles. The number of carboxylic acids is 1. The van der Waals surface area contributed by atoms with Crippen LogP contribution in [0.2, 0.25) is 0 Å². The maximum atomic E-state index is 12.0. The van der Waals surface area contributed by atoms with Crippen molar-refractivity contribution in [3.8, 4) is 0 Å². The largest absolute Gasteiger partial charge is 0.480 e. The number of carbonyl (C=O) groups is 1. The Hall–Kier alpha value is -2.58. The SMILES string of the molecule is CCCC(Nc1nc2c([nH]1)c(=O)n(C)c(=O)n2C)C(=O)O. The van der Waals surface area contributed by atoms with Crippen molar-refractivity contribution in [2.45, 2.75) is 25.8 Å². The normalized spacial score (nSPS) is 12.5. The Morgan fingerprint density at radius 1 is 1.38 bits per heavy atom. The van der Waals surface area contributed by atoms with Crippen LogP contribution in [0.5, 0.6) is 0 Å². The van der Waals surface area contributed by atoms with Gasteiger partial charge in [-0.3, -0.25) is 13.9 Å². The van der Waals surface area contributed by atoms with Crippen LogP contribution in [-0.2, 0) is 18.9 Å². The van der Waals surface area contributed by atoms with Gasteiger partial charge < -0.3 is 15.4 Å². The number of nitrogens with one attached hydrogen (secondary N) is 2. The molecule has 1 unspecified atom stereocenters. The molecule has 2 heterocycles. The standard InChI is InChI=1S/C12H17N5O4/c1-4-5-6(10(19)20)13-11-14-7-8(15-11)16(2)12(21)17(3)9(7)18/h6H,4-5H2,1-3H3,(H,19,20)(H2,13,14,15). The van der Waals surface area contributed by atoms with Crippen LogP contribution < -0.4 is 16.6 Å². The number of hydrogen-bond acceptors (Lipinski definition) is 5. The van der Waals surface area contributed by atoms with Crippen molar-refractivity contribution in [1.82, 2.24) is 19.1 Å². The van der Waals surface area contributed by atoms with Gasteiger partial charge in [0.15, 0.2) is 11.2 Å². The molecule has 2 rings (SSSR count). The van der Waals surface area contributed by atoms with E-state index >= 15 is 0 Å². The molecule has 0 aromatic carbocycles. The van der Waals surface area contributed by atoms with Gasteiger partial charge in [0, 0.05) is 14.1 Å². The number of aromatic nitrogens is 4. The van der Waals surface area contributed by atoms with E-state index < -0.39 is 23.3 Å². The third-order valence-corrected chi connectivity index (χ3v) is 3.28. The summed E-state index contributed by atoms with van der Waals surface area (Å²) in [5, 5.41) is 11.8. The lowest BCUT2D eigenvalue weighted by Crippen LogP contribution is -2.36. The lowest BCUT2D eigenvalue weighted by atomic mass is 10.2. The molecule has 0 aliphatic carbocycles. The molecule has 0 aliphatic rings. The first-order chi connectivity index (χ1) is 9.86. The predicted octanol–water partition coefficient (Wildman–Crippen LogP) is -0.374. The van der Waals surface area contributed by atoms with Gasteiger partial charge in [0.05, 0.1) is 0 Å². The van der Waals surface area contributed by atoms with Gasteiger partial charge in [0.1, 0.15) is 6.04 Å². The van der Waals surface area contributed by atoms with Gasteiger partial charge in [-0.15, -0.1) is 0 Å². The van der Waals surface area contributed by atoms with Crippen LogP contribution in [0.4, 0.5) is 5.95 Å². The van der Waals surface area contributed by atoms with Crippen molar-refractivity contribution in [2.75, 3.05) is 5.32 Å². The smallest absolute Gasteiger partial charge is 0.332 e. The Morgan fingerprint density at radius 3 is 2.62 bits per heavy atom. The zero-order chi connectivity index (χ0) is 15.7. The molecule has 114 valence electrons. The van der Waals surface area contributed by atoms with Gasteiger partial charge in [-0.05, 0) is 6.42 Å². The molecule has 0 spiro atoms. The number of H-pyrrole nitrogens is 1. The number of fused-ring (bicyclic) bond motifs is 1. The number of carboxylic acid groups (broad SMARTS) is 1. The van der Waals surface area contributed by atoms with E-state index in [0.717, 1.165) is 4.57 Å². The van der Waals surface area contributed by atoms with Crippen LogP contribution in [0, 0.1) is 0 Å². The number of aliphatic carboxylic acids is 1. The molecular weight excluding hydrogens is 278 g/mol. The molecule has 0 fully saturated rings. The Morgan fingerprint density at radius 2 is 2.05 bits per heavy atom. The van der Waals surface area contributed by atoms with E-state index in [4.69, 9.17) is 5.11 Å². The highest BCUT2D eigenvalue weighted by atomic mass is 16.4. The van der Waals surface area contributed by atoms with E-state index in [9.17, 15) is 14.4 Å². The lowest BCUT2D eigenvalue weighted by molar-refractivity contribution is -0.138. The molecule has 2 aromatic heterocycles. The Balaban J connectivity index is 2.51. The Labute approximate surface area is 119 Å². The summed E-state index contributed by atoms with van der Waals surface area (Å²) in [5.74, 6) is -0.844. The van der Waals surface area contributed by atoms with Crippen LogP contribution in [-0.4, -0.2) is 36.2 Å². The fraction of sp³-hybridized carbons (Fsp3) is 0.500. The van der Waals surface area contributed by atoms with E-state index in [1.54, 1.807) is 0 Å². The summed E-state index contributed by atoms with van der Waals surface area (Å²) in [6.07, 6.45) is 1.10. The average Bonchev–Trinajstić information content (AvgIpc) is 2.86. The molecule has 2 aromatic rings. The Kier molecular flexibility index (Phi) is 3.83. The second kappa shape index (κ2) is 5.43. The van der Waals surface area contributed by atoms with Crippen LogP contribution in [0.25, 0.3) is 11.2 Å². The highest BCUT2D eigenvalue weighted by Crippen LogP contribution is 2.11. The summed E-state index contributed by atoms with van der Waals surface area (Å²) in [6, 6.07) is -0.809. The number of aromatic amines is 1. The number of anilines is 1. The number of rotatable bonds is 5. The van der Waals surface area contributed by atoms with Crippen LogP contribution in [0.3, 0.4) is 0 Å². The first-order valence-electron chi connectivity index (χ1n) is 6.51. The van der Waals surface area contributed by atoms with Gasteiger partial charge in [-0.25, -0.2) is 9.59 Å². The fourth-order valence-electron chi connectivity index (χ4n) is 2.11. The summed E-state index contributed by atoms with van der Waals surface area (Å²) < 4.78 is 2.19. The summed E-state index contributed by atoms with van der Waals surface area (Å²) in [7, 11) is 2.87. The molecule has 3 N–H and O–H groups in total. The van der Waals surface area contributed by atoms with Gasteiger partial charge in [-0.2, -0.15) is 4.98 Å². The quantitative estimate of drug-likeness (QED) is 0.691. The minimum absolute atomic E-state index is 0.155. The molecule has 0 amide bonds. The van der Waals surface area contributed by atoms with Crippen LogP contribution in [0.1, 0.15) is 19.8 Å². The van der Waals surface area contributed by atoms with Crippen molar-refractivity contribution in [2.24, 2.45) is 14.1 Å². The van der Waals surface area contributed by atoms with Gasteiger partial charge in [-0.1, -0.05) is 13.3 Å². The summed E-state index contributed by atoms with van der Waals surface area (Å²) in [4.78, 5) is 41.8. The van der Waals surface area contributed by atoms with Crippen molar-refractivity contribution >= 4 is 23.1 Å². The van der Waals surface area contributed by atoms with Crippen molar-refractivity contribution in [1.29, 1.82) is 0 Å². The number of aryl methyl sites for hydroxylation is 1. The molecule has 9 heteroatoms. The lowest BCUT2D eigenvalue weighted by Gasteiger charge is -2.11. The zero-order valence-electron chi connectivity index (χ0n) is 12.0. The first kappa shape index (κ1) is 14.8. The van der Waals surface area contributed by atoms with Crippen molar-refractivity contribution < 1.29 is 9.90 Å². The third kappa shape index (κ3) is 2.54. The van der Waals surface area contributed by atoms with Gasteiger partial charge in [0.25, 0.3) is 5.56 Å². The Bertz CT molecular complexity index is 800. The van der Waals surface area contributed by atoms with E-state index in [1.165, 1.54) is 18.7 Å². The molecule has 21 heavy (non-hydrogen) atoms. The molecular formula is C12H17N5O4. The van der Waals surface area contributed by atoms with Crippen LogP contribution in [0.15, 0.2) is 9.59 Å². The average molecular weight is 295 g/mol. The molecule has 9 nitrogen and oxygen atoms in total. The molecule has 0 saturated carbocycles. The second-order valence-electron chi connectivity index (χ2n) is 4.81. The second-order valence-corrected chi connectivity index (χ2v) is 4.81. The number of nitrogens with zero attached hydrogens (tertiary/aromatic N) is 3. The summed E-state index contributed by atoms with van der Waals surface area (Å²) in [5.41, 5.74) is -0.654. The van der Waals surface area contributed by atoms with Crippen LogP contribution >= 0.6 is 0 Å². The molecule has 0 saturated heterocycles. The topological polar surface area (TPSA) is 122 Å². The molecule has 0 radical (unpaired) electrons. The molecule has 1 atom stereocenters. The summed E-state index contributed by atoms with van der Waals surface area (Å²) >= 11 is 0. The van der Waals surface area contributed by atoms with Gasteiger partial charge in [0.2, 0.25) is 5.95 Å². The van der Waals surface area contributed by atoms with Crippen molar-refractivity contribution in [3.05, 3.63) is 20.8 Å². The van der Waals surface area contributed by atoms with Gasteiger partial charge >= 0.3 is 11.7 Å². The monoisotopic (exact) mass is 295 g/mol. The highest BCUT2D eigenvalue weighted by molar-refractivity contribution is 5.78. The van der Waals surface area contributed by atoms with E-state index in [1.807, 2.05) is 6.92 Å². The number of hydrogen-bond donors (Lipinski definition) is 3. The number of imidazole rings is 1. The minimum atomic E-state index is -1.00. The van der Waals surface area contributed by atoms with E-state index in [2.05, 4.69) is 15.3 Å². The third-order valence-electron chi connectivity index (χ3n) is 3.28. The predicted molar refractivity (Wildman–Crippen MR) is 76.5 cm³/mol. The first-order valence-corrected chi connectivity index (χ1v) is 6.51. The minimum Gasteiger partial charge on any atom is -0.480 e.